The molecular formula is C12H8Se. The molecule has 0 amide bonds. The quantitative estimate of drug-likeness (QED) is 0.529. The van der Waals surface area contributed by atoms with E-state index in [-0.39, 0.29) is 59.1 Å². The Hall–Kier alpha value is -1.04. The van der Waals surface area contributed by atoms with Gasteiger partial charge in [0.1, 0.15) is 0 Å². The molecule has 0 aliphatic heterocycles. The van der Waals surface area contributed by atoms with Gasteiger partial charge in [-0.3, -0.25) is 0 Å². The van der Waals surface area contributed by atoms with Gasteiger partial charge in [0.2, 0.25) is 0 Å². The molecule has 1 heteroatoms. The second-order valence-corrected chi connectivity index (χ2v) is 4.65. The van der Waals surface area contributed by atoms with E-state index >= 15 is 0 Å². The molecule has 3 aromatic rings. The number of benzene rings is 2. The Morgan fingerprint density at radius 2 is 1.23 bits per heavy atom. The van der Waals surface area contributed by atoms with Crippen LogP contribution in [-0.4, -0.2) is 14.5 Å². The van der Waals surface area contributed by atoms with Crippen LogP contribution in [0.3, 0.4) is 0 Å². The molecule has 0 nitrogen and oxygen atoms in total. The van der Waals surface area contributed by atoms with E-state index in [2.05, 4.69) is 0 Å². The molecule has 2 aromatic carbocycles. The fourth-order valence-electron chi connectivity index (χ4n) is 1.21. The first-order chi connectivity index (χ1) is 9.77. The van der Waals surface area contributed by atoms with Crippen LogP contribution in [0.15, 0.2) is 48.3 Å². The second kappa shape index (κ2) is 2.73. The van der Waals surface area contributed by atoms with Crippen molar-refractivity contribution in [3.63, 3.8) is 0 Å². The van der Waals surface area contributed by atoms with Gasteiger partial charge in [-0.15, -0.1) is 0 Å². The van der Waals surface area contributed by atoms with Crippen molar-refractivity contribution in [1.82, 2.24) is 0 Å². The maximum atomic E-state index is 8.00. The molecule has 0 aliphatic rings. The fourth-order valence-corrected chi connectivity index (χ4v) is 3.14. The molecule has 0 saturated carbocycles. The summed E-state index contributed by atoms with van der Waals surface area (Å²) in [6, 6.07) is -2.21. The van der Waals surface area contributed by atoms with E-state index in [1.54, 1.807) is 0 Å². The van der Waals surface area contributed by atoms with E-state index in [9.17, 15) is 0 Å². The van der Waals surface area contributed by atoms with Crippen LogP contribution in [0, 0.1) is 0 Å². The number of fused-ring (bicyclic) bond motifs is 3. The van der Waals surface area contributed by atoms with Crippen molar-refractivity contribution in [1.29, 1.82) is 0 Å². The SMILES string of the molecule is [2H]c1c([2H])c([2H])c2c([se]c3c([2H])c([2H])c([2H])c([2H])c32)c1[2H]. The molecular weight excluding hydrogens is 223 g/mol. The van der Waals surface area contributed by atoms with E-state index in [1.165, 1.54) is 0 Å². The molecule has 3 rings (SSSR count). The van der Waals surface area contributed by atoms with E-state index in [0.717, 1.165) is 0 Å². The molecule has 13 heavy (non-hydrogen) atoms. The maximum absolute atomic E-state index is 8.00. The summed E-state index contributed by atoms with van der Waals surface area (Å²) in [4.78, 5) is 0. The van der Waals surface area contributed by atoms with Crippen LogP contribution in [0.25, 0.3) is 19.3 Å². The monoisotopic (exact) mass is 240 g/mol. The Labute approximate surface area is 93.8 Å². The van der Waals surface area contributed by atoms with Crippen LogP contribution >= 0.6 is 0 Å². The zero-order valence-corrected chi connectivity index (χ0v) is 8.12. The van der Waals surface area contributed by atoms with E-state index < -0.39 is 14.5 Å². The average Bonchev–Trinajstić information content (AvgIpc) is 2.87. The molecule has 0 N–H and O–H groups in total. The zero-order valence-electron chi connectivity index (χ0n) is 14.4. The molecule has 0 aliphatic carbocycles. The molecule has 0 spiro atoms. The van der Waals surface area contributed by atoms with Gasteiger partial charge in [-0.25, -0.2) is 0 Å². The molecule has 0 bridgehead atoms. The van der Waals surface area contributed by atoms with E-state index in [4.69, 9.17) is 11.0 Å². The Morgan fingerprint density at radius 1 is 0.769 bits per heavy atom. The van der Waals surface area contributed by atoms with Gasteiger partial charge >= 0.3 is 93.1 Å². The molecule has 0 saturated heterocycles. The van der Waals surface area contributed by atoms with Crippen LogP contribution in [0.2, 0.25) is 0 Å². The molecule has 1 heterocycles. The van der Waals surface area contributed by atoms with Crippen molar-refractivity contribution in [2.24, 2.45) is 0 Å². The van der Waals surface area contributed by atoms with Crippen molar-refractivity contribution < 1.29 is 11.0 Å². The summed E-state index contributed by atoms with van der Waals surface area (Å²) in [5.74, 6) is 0. The standard InChI is InChI=1S/C12H8Se/c1-3-7-11-9(5-1)10-6-2-4-8-12(10)13-11/h1-8H/i1D,2D,3D,4D,5D,6D,7D,8D. The van der Waals surface area contributed by atoms with Crippen LogP contribution < -0.4 is 0 Å². The summed E-state index contributed by atoms with van der Waals surface area (Å²) < 4.78 is 63.6. The van der Waals surface area contributed by atoms with Crippen LogP contribution in [0.1, 0.15) is 11.0 Å². The summed E-state index contributed by atoms with van der Waals surface area (Å²) in [6.07, 6.45) is 0. The van der Waals surface area contributed by atoms with Crippen molar-refractivity contribution in [3.05, 3.63) is 48.3 Å². The van der Waals surface area contributed by atoms with Gasteiger partial charge in [-0.05, 0) is 0 Å². The summed E-state index contributed by atoms with van der Waals surface area (Å²) >= 11 is -0.558. The Morgan fingerprint density at radius 3 is 1.77 bits per heavy atom. The van der Waals surface area contributed by atoms with Crippen molar-refractivity contribution in [2.45, 2.75) is 0 Å². The molecule has 0 radical (unpaired) electrons. The van der Waals surface area contributed by atoms with Crippen LogP contribution in [0.5, 0.6) is 0 Å². The van der Waals surface area contributed by atoms with Gasteiger partial charge in [0.25, 0.3) is 0 Å². The van der Waals surface area contributed by atoms with Crippen molar-refractivity contribution in [2.75, 3.05) is 0 Å². The van der Waals surface area contributed by atoms with Gasteiger partial charge in [-0.2, -0.15) is 0 Å². The minimum atomic E-state index is -0.558. The van der Waals surface area contributed by atoms with Gasteiger partial charge in [0, 0.05) is 0 Å². The molecule has 0 atom stereocenters. The minimum absolute atomic E-state index is 0.154. The molecule has 1 aromatic heterocycles. The van der Waals surface area contributed by atoms with Gasteiger partial charge < -0.3 is 0 Å². The van der Waals surface area contributed by atoms with Crippen LogP contribution in [-0.2, 0) is 0 Å². The fraction of sp³-hybridized carbons (Fsp3) is 0. The van der Waals surface area contributed by atoms with Gasteiger partial charge in [0.15, 0.2) is 0 Å². The third kappa shape index (κ3) is 1.05. The summed E-state index contributed by atoms with van der Waals surface area (Å²) in [6.45, 7) is 0. The van der Waals surface area contributed by atoms with Crippen molar-refractivity contribution in [3.8, 4) is 0 Å². The third-order valence-electron chi connectivity index (χ3n) is 1.76. The first-order valence-corrected chi connectivity index (χ1v) is 5.37. The van der Waals surface area contributed by atoms with E-state index in [0.29, 0.717) is 8.52 Å². The zero-order chi connectivity index (χ0) is 15.6. The molecule has 0 unspecified atom stereocenters. The topological polar surface area (TPSA) is 0 Å². The number of hydrogen-bond acceptors (Lipinski definition) is 0. The van der Waals surface area contributed by atoms with E-state index in [1.807, 2.05) is 0 Å². The van der Waals surface area contributed by atoms with Crippen LogP contribution in [0.4, 0.5) is 0 Å². The predicted octanol–water partition coefficient (Wildman–Crippen LogP) is 3.05. The first-order valence-electron chi connectivity index (χ1n) is 7.66. The average molecular weight is 239 g/mol. The van der Waals surface area contributed by atoms with Gasteiger partial charge in [-0.1, -0.05) is 0 Å². The summed E-state index contributed by atoms with van der Waals surface area (Å²) in [5.41, 5.74) is 0. The Kier molecular flexibility index (Phi) is 0.625. The molecule has 0 fully saturated rings. The molecule has 62 valence electrons. The number of hydrogen-bond donors (Lipinski definition) is 0. The normalized spacial score (nSPS) is 19.7. The number of rotatable bonds is 0. The van der Waals surface area contributed by atoms with Crippen molar-refractivity contribution >= 4 is 33.8 Å². The summed E-state index contributed by atoms with van der Waals surface area (Å²) in [7, 11) is 0. The predicted molar refractivity (Wildman–Crippen MR) is 58.4 cm³/mol. The Bertz CT molecular complexity index is 853. The first kappa shape index (κ1) is 2.98. The van der Waals surface area contributed by atoms with Gasteiger partial charge in [0.05, 0.1) is 0 Å². The second-order valence-electron chi connectivity index (χ2n) is 2.51. The summed E-state index contributed by atoms with van der Waals surface area (Å²) in [5, 5.41) is 0.450. The third-order valence-corrected chi connectivity index (χ3v) is 3.90. The Balaban J connectivity index is 2.73.